The second kappa shape index (κ2) is 15.3. The molecule has 0 spiro atoms. The van der Waals surface area contributed by atoms with E-state index >= 15 is 8.78 Å². The molecule has 51 heavy (non-hydrogen) atoms. The standard InChI is InChI=1S/C32H32F4N5O9P/c1-3-39(4-2)51(46,48-18-27-29(42)32(35,36)30(50-27)40-14-13-28(37)38-31(40)43)47-17-19-5-12-25(41(44)45)26(15-19)49-22-10-11-23(24(34)16-22)20-6-8-21(33)9-7-20/h5-16,27,29-30,42H,3-4,17-18H2,1-2H3,(H2,37,38,43). The van der Waals surface area contributed by atoms with Crippen molar-refractivity contribution in [1.82, 2.24) is 14.2 Å². The van der Waals surface area contributed by atoms with Crippen molar-refractivity contribution >= 4 is 19.3 Å². The zero-order valence-electron chi connectivity index (χ0n) is 27.0. The third-order valence-corrected chi connectivity index (χ3v) is 10.1. The molecule has 3 N–H and O–H groups in total. The maximum absolute atomic E-state index is 15.1. The van der Waals surface area contributed by atoms with Gasteiger partial charge in [0.2, 0.25) is 12.0 Å². The number of nitrogen functional groups attached to an aromatic ring is 1. The Hall–Kier alpha value is -4.71. The molecular formula is C32H32F4N5O9P. The second-order valence-corrected chi connectivity index (χ2v) is 13.2. The topological polar surface area (TPSA) is 182 Å². The highest BCUT2D eigenvalue weighted by Gasteiger charge is 2.60. The summed E-state index contributed by atoms with van der Waals surface area (Å²) in [4.78, 5) is 26.7. The third-order valence-electron chi connectivity index (χ3n) is 7.90. The van der Waals surface area contributed by atoms with E-state index in [0.717, 1.165) is 24.4 Å². The quantitative estimate of drug-likeness (QED) is 0.0663. The van der Waals surface area contributed by atoms with Crippen LogP contribution >= 0.6 is 7.75 Å². The van der Waals surface area contributed by atoms with Crippen LogP contribution < -0.4 is 16.2 Å². The molecule has 1 fully saturated rings. The molecule has 4 unspecified atom stereocenters. The van der Waals surface area contributed by atoms with Gasteiger partial charge in [-0.15, -0.1) is 0 Å². The molecule has 0 amide bonds. The van der Waals surface area contributed by atoms with E-state index in [2.05, 4.69) is 4.98 Å². The number of nitrogens with two attached hydrogens (primary N) is 1. The minimum atomic E-state index is -4.33. The van der Waals surface area contributed by atoms with Crippen molar-refractivity contribution < 1.29 is 50.7 Å². The summed E-state index contributed by atoms with van der Waals surface area (Å²) >= 11 is 0. The van der Waals surface area contributed by atoms with Crippen LogP contribution in [0.25, 0.3) is 11.1 Å². The van der Waals surface area contributed by atoms with Crippen molar-refractivity contribution in [3.8, 4) is 22.6 Å². The van der Waals surface area contributed by atoms with E-state index in [1.54, 1.807) is 13.8 Å². The number of nitro benzene ring substituents is 1. The predicted octanol–water partition coefficient (Wildman–Crippen LogP) is 6.05. The first-order chi connectivity index (χ1) is 24.2. The number of anilines is 1. The van der Waals surface area contributed by atoms with E-state index in [-0.39, 0.29) is 41.5 Å². The molecule has 1 saturated heterocycles. The Bertz CT molecular complexity index is 2000. The fraction of sp³-hybridized carbons (Fsp3) is 0.312. The van der Waals surface area contributed by atoms with Gasteiger partial charge in [0.05, 0.1) is 18.1 Å². The summed E-state index contributed by atoms with van der Waals surface area (Å²) in [6.07, 6.45) is -5.59. The van der Waals surface area contributed by atoms with Gasteiger partial charge in [0.15, 0.2) is 6.10 Å². The van der Waals surface area contributed by atoms with Crippen molar-refractivity contribution in [2.75, 3.05) is 25.4 Å². The molecule has 4 aromatic rings. The number of aromatic nitrogens is 2. The van der Waals surface area contributed by atoms with E-state index < -0.39 is 73.3 Å². The van der Waals surface area contributed by atoms with Crippen LogP contribution in [-0.2, 0) is 25.0 Å². The van der Waals surface area contributed by atoms with E-state index in [1.807, 2.05) is 0 Å². The number of hydrogen-bond donors (Lipinski definition) is 2. The van der Waals surface area contributed by atoms with Gasteiger partial charge in [-0.2, -0.15) is 13.8 Å². The maximum atomic E-state index is 15.1. The Balaban J connectivity index is 1.33. The van der Waals surface area contributed by atoms with Crippen molar-refractivity contribution in [2.45, 2.75) is 44.8 Å². The zero-order valence-corrected chi connectivity index (χ0v) is 27.9. The molecule has 2 heterocycles. The summed E-state index contributed by atoms with van der Waals surface area (Å²) in [5, 5.41) is 22.2. The highest BCUT2D eigenvalue weighted by atomic mass is 31.2. The number of aliphatic hydroxyl groups excluding tert-OH is 1. The molecule has 1 aliphatic heterocycles. The van der Waals surface area contributed by atoms with Gasteiger partial charge in [0.1, 0.15) is 29.3 Å². The molecule has 1 aromatic heterocycles. The lowest BCUT2D eigenvalue weighted by atomic mass is 10.0. The van der Waals surface area contributed by atoms with Crippen LogP contribution in [0.5, 0.6) is 11.5 Å². The number of rotatable bonds is 14. The van der Waals surface area contributed by atoms with Crippen LogP contribution in [-0.4, -0.2) is 62.1 Å². The van der Waals surface area contributed by atoms with Gasteiger partial charge in [0.25, 0.3) is 0 Å². The molecule has 272 valence electrons. The molecule has 1 aliphatic rings. The molecule has 4 atom stereocenters. The fourth-order valence-electron chi connectivity index (χ4n) is 5.24. The molecule has 3 aromatic carbocycles. The Kier molecular flexibility index (Phi) is 11.2. The molecule has 0 saturated carbocycles. The van der Waals surface area contributed by atoms with Crippen LogP contribution in [0.1, 0.15) is 25.6 Å². The van der Waals surface area contributed by atoms with Crippen LogP contribution in [0.15, 0.2) is 77.7 Å². The van der Waals surface area contributed by atoms with Crippen LogP contribution in [0.4, 0.5) is 29.1 Å². The van der Waals surface area contributed by atoms with E-state index in [4.69, 9.17) is 24.3 Å². The zero-order chi connectivity index (χ0) is 37.1. The van der Waals surface area contributed by atoms with Gasteiger partial charge in [0, 0.05) is 37.0 Å². The normalized spacial score (nSPS) is 19.6. The van der Waals surface area contributed by atoms with Crippen molar-refractivity contribution in [2.24, 2.45) is 0 Å². The van der Waals surface area contributed by atoms with Gasteiger partial charge in [-0.1, -0.05) is 26.0 Å². The number of nitrogens with zero attached hydrogens (tertiary/aromatic N) is 4. The van der Waals surface area contributed by atoms with Crippen LogP contribution in [0, 0.1) is 21.7 Å². The Morgan fingerprint density at radius 2 is 1.78 bits per heavy atom. The van der Waals surface area contributed by atoms with Crippen molar-refractivity contribution in [3.63, 3.8) is 0 Å². The number of nitro groups is 1. The number of hydrogen-bond acceptors (Lipinski definition) is 11. The smallest absolute Gasteiger partial charge is 0.408 e. The first-order valence-electron chi connectivity index (χ1n) is 15.4. The number of aliphatic hydroxyl groups is 1. The third kappa shape index (κ3) is 8.11. The van der Waals surface area contributed by atoms with Crippen LogP contribution in [0.2, 0.25) is 0 Å². The van der Waals surface area contributed by atoms with E-state index in [1.165, 1.54) is 53.2 Å². The lowest BCUT2D eigenvalue weighted by Gasteiger charge is -2.29. The maximum Gasteiger partial charge on any atom is 0.408 e. The van der Waals surface area contributed by atoms with Gasteiger partial charge < -0.3 is 20.3 Å². The fourth-order valence-corrected chi connectivity index (χ4v) is 6.98. The lowest BCUT2D eigenvalue weighted by Crippen LogP contribution is -2.42. The molecule has 5 rings (SSSR count). The average Bonchev–Trinajstić information content (AvgIpc) is 3.31. The Morgan fingerprint density at radius 3 is 2.41 bits per heavy atom. The second-order valence-electron chi connectivity index (χ2n) is 11.2. The molecular weight excluding hydrogens is 705 g/mol. The monoisotopic (exact) mass is 737 g/mol. The minimum absolute atomic E-state index is 0.0982. The summed E-state index contributed by atoms with van der Waals surface area (Å²) in [6.45, 7) is 2.15. The molecule has 14 nitrogen and oxygen atoms in total. The summed E-state index contributed by atoms with van der Waals surface area (Å²) in [6, 6.07) is 13.5. The molecule has 0 radical (unpaired) electrons. The highest BCUT2D eigenvalue weighted by molar-refractivity contribution is 7.51. The van der Waals surface area contributed by atoms with Crippen molar-refractivity contribution in [3.05, 3.63) is 111 Å². The minimum Gasteiger partial charge on any atom is -0.450 e. The van der Waals surface area contributed by atoms with Gasteiger partial charge >= 0.3 is 25.0 Å². The lowest BCUT2D eigenvalue weighted by molar-refractivity contribution is -0.385. The number of alkyl halides is 2. The number of ether oxygens (including phenoxy) is 2. The SMILES string of the molecule is CCN(CC)P(=O)(OCc1ccc([N+](=O)[O-])c(Oc2ccc(-c3ccc(F)cc3)c(F)c2)c1)OCC1OC(n2ccc(N)nc2=O)C(F)(F)C1O. The summed E-state index contributed by atoms with van der Waals surface area (Å²) in [5.41, 5.74) is 4.53. The first kappa shape index (κ1) is 37.5. The summed E-state index contributed by atoms with van der Waals surface area (Å²) in [5.74, 6) is -5.85. The van der Waals surface area contributed by atoms with Gasteiger partial charge in [-0.05, 0) is 53.6 Å². The van der Waals surface area contributed by atoms with E-state index in [9.17, 15) is 33.4 Å². The highest BCUT2D eigenvalue weighted by Crippen LogP contribution is 2.54. The Labute approximate surface area is 287 Å². The van der Waals surface area contributed by atoms with Crippen molar-refractivity contribution in [1.29, 1.82) is 0 Å². The van der Waals surface area contributed by atoms with E-state index in [0.29, 0.717) is 10.1 Å². The number of halogens is 4. The predicted molar refractivity (Wildman–Crippen MR) is 174 cm³/mol. The summed E-state index contributed by atoms with van der Waals surface area (Å²) < 4.78 is 96.4. The summed E-state index contributed by atoms with van der Waals surface area (Å²) in [7, 11) is -4.33. The molecule has 0 aliphatic carbocycles. The van der Waals surface area contributed by atoms with Gasteiger partial charge in [-0.3, -0.25) is 23.7 Å². The number of benzene rings is 3. The molecule has 0 bridgehead atoms. The van der Waals surface area contributed by atoms with Crippen LogP contribution in [0.3, 0.4) is 0 Å². The molecule has 19 heteroatoms. The Morgan fingerprint density at radius 1 is 1.08 bits per heavy atom. The first-order valence-corrected chi connectivity index (χ1v) is 16.9. The average molecular weight is 738 g/mol. The largest absolute Gasteiger partial charge is 0.450 e. The van der Waals surface area contributed by atoms with Gasteiger partial charge in [-0.25, -0.2) is 22.8 Å².